The summed E-state index contributed by atoms with van der Waals surface area (Å²) >= 11 is 7.08. The standard InChI is InChI=1S/C9H9ClN2O2S/c1-13-6-4-7(15-5-6)9-12-11-8(14-9)2-3-10/h4-5H,2-3H2,1H3. The molecule has 0 aliphatic carbocycles. The first-order valence-electron chi connectivity index (χ1n) is 4.34. The third-order valence-corrected chi connectivity index (χ3v) is 2.88. The number of hydrogen-bond donors (Lipinski definition) is 0. The molecule has 0 atom stereocenters. The van der Waals surface area contributed by atoms with E-state index in [1.165, 1.54) is 11.3 Å². The van der Waals surface area contributed by atoms with Gasteiger partial charge in [0.15, 0.2) is 0 Å². The Balaban J connectivity index is 2.21. The fourth-order valence-corrected chi connectivity index (χ4v) is 2.01. The number of methoxy groups -OCH3 is 1. The number of alkyl halides is 1. The Morgan fingerprint density at radius 3 is 3.07 bits per heavy atom. The van der Waals surface area contributed by atoms with E-state index < -0.39 is 0 Å². The van der Waals surface area contributed by atoms with Crippen molar-refractivity contribution in [3.05, 3.63) is 17.3 Å². The Morgan fingerprint density at radius 2 is 2.40 bits per heavy atom. The minimum atomic E-state index is 0.482. The number of thiophene rings is 1. The molecular weight excluding hydrogens is 236 g/mol. The van der Waals surface area contributed by atoms with Gasteiger partial charge < -0.3 is 9.15 Å². The summed E-state index contributed by atoms with van der Waals surface area (Å²) in [7, 11) is 1.62. The van der Waals surface area contributed by atoms with Gasteiger partial charge in [0.25, 0.3) is 5.89 Å². The average molecular weight is 245 g/mol. The van der Waals surface area contributed by atoms with Crippen LogP contribution in [0.3, 0.4) is 0 Å². The number of aryl methyl sites for hydroxylation is 1. The summed E-state index contributed by atoms with van der Waals surface area (Å²) in [6.07, 6.45) is 0.594. The lowest BCUT2D eigenvalue weighted by Gasteiger charge is -1.89. The van der Waals surface area contributed by atoms with Gasteiger partial charge in [-0.15, -0.1) is 33.1 Å². The minimum Gasteiger partial charge on any atom is -0.496 e. The van der Waals surface area contributed by atoms with Crippen molar-refractivity contribution in [2.45, 2.75) is 6.42 Å². The summed E-state index contributed by atoms with van der Waals surface area (Å²) in [6.45, 7) is 0. The molecule has 0 radical (unpaired) electrons. The third kappa shape index (κ3) is 2.30. The van der Waals surface area contributed by atoms with Crippen LogP contribution >= 0.6 is 22.9 Å². The van der Waals surface area contributed by atoms with Crippen LogP contribution in [0.4, 0.5) is 0 Å². The smallest absolute Gasteiger partial charge is 0.257 e. The van der Waals surface area contributed by atoms with Crippen molar-refractivity contribution >= 4 is 22.9 Å². The number of nitrogens with zero attached hydrogens (tertiary/aromatic N) is 2. The first-order chi connectivity index (χ1) is 7.33. The molecule has 6 heteroatoms. The zero-order valence-electron chi connectivity index (χ0n) is 8.07. The topological polar surface area (TPSA) is 48.2 Å². The van der Waals surface area contributed by atoms with Crippen LogP contribution in [0.25, 0.3) is 10.8 Å². The summed E-state index contributed by atoms with van der Waals surface area (Å²) in [5.74, 6) is 2.36. The monoisotopic (exact) mass is 244 g/mol. The number of aromatic nitrogens is 2. The highest BCUT2D eigenvalue weighted by Gasteiger charge is 2.10. The quantitative estimate of drug-likeness (QED) is 0.776. The van der Waals surface area contributed by atoms with Gasteiger partial charge in [-0.2, -0.15) is 0 Å². The van der Waals surface area contributed by atoms with Crippen LogP contribution in [-0.2, 0) is 6.42 Å². The third-order valence-electron chi connectivity index (χ3n) is 1.80. The molecule has 0 saturated carbocycles. The summed E-state index contributed by atoms with van der Waals surface area (Å²) in [5, 5.41) is 9.70. The van der Waals surface area contributed by atoms with E-state index in [0.717, 1.165) is 10.6 Å². The van der Waals surface area contributed by atoms with Gasteiger partial charge in [0, 0.05) is 23.7 Å². The van der Waals surface area contributed by atoms with Gasteiger partial charge in [-0.05, 0) is 0 Å². The highest BCUT2D eigenvalue weighted by Crippen LogP contribution is 2.29. The predicted molar refractivity (Wildman–Crippen MR) is 58.6 cm³/mol. The fraction of sp³-hybridized carbons (Fsp3) is 0.333. The SMILES string of the molecule is COc1csc(-c2nnc(CCCl)o2)c1. The van der Waals surface area contributed by atoms with Crippen LogP contribution in [0, 0.1) is 0 Å². The molecule has 0 aliphatic heterocycles. The van der Waals surface area contributed by atoms with Crippen molar-refractivity contribution in [2.24, 2.45) is 0 Å². The molecule has 0 aromatic carbocycles. The maximum absolute atomic E-state index is 5.57. The average Bonchev–Trinajstić information content (AvgIpc) is 2.85. The highest BCUT2D eigenvalue weighted by molar-refractivity contribution is 7.13. The van der Waals surface area contributed by atoms with Gasteiger partial charge in [-0.3, -0.25) is 0 Å². The molecule has 0 fully saturated rings. The molecule has 0 N–H and O–H groups in total. The van der Waals surface area contributed by atoms with E-state index in [-0.39, 0.29) is 0 Å². The number of rotatable bonds is 4. The van der Waals surface area contributed by atoms with Crippen LogP contribution in [-0.4, -0.2) is 23.2 Å². The Kier molecular flexibility index (Phi) is 3.23. The van der Waals surface area contributed by atoms with Gasteiger partial charge in [-0.25, -0.2) is 0 Å². The Bertz CT molecular complexity index is 441. The molecule has 2 rings (SSSR count). The minimum absolute atomic E-state index is 0.482. The van der Waals surface area contributed by atoms with Crippen LogP contribution in [0.15, 0.2) is 15.9 Å². The van der Waals surface area contributed by atoms with Gasteiger partial charge in [-0.1, -0.05) is 0 Å². The van der Waals surface area contributed by atoms with Crippen molar-refractivity contribution in [3.8, 4) is 16.5 Å². The lowest BCUT2D eigenvalue weighted by Crippen LogP contribution is -1.84. The number of ether oxygens (including phenoxy) is 1. The van der Waals surface area contributed by atoms with Crippen molar-refractivity contribution < 1.29 is 9.15 Å². The molecular formula is C9H9ClN2O2S. The summed E-state index contributed by atoms with van der Waals surface area (Å²) in [5.41, 5.74) is 0. The van der Waals surface area contributed by atoms with E-state index in [0.29, 0.717) is 24.1 Å². The summed E-state index contributed by atoms with van der Waals surface area (Å²) in [4.78, 5) is 0.903. The van der Waals surface area contributed by atoms with Crippen LogP contribution in [0.5, 0.6) is 5.75 Å². The van der Waals surface area contributed by atoms with Crippen molar-refractivity contribution in [1.82, 2.24) is 10.2 Å². The number of hydrogen-bond acceptors (Lipinski definition) is 5. The van der Waals surface area contributed by atoms with Crippen molar-refractivity contribution in [1.29, 1.82) is 0 Å². The molecule has 2 aromatic heterocycles. The van der Waals surface area contributed by atoms with E-state index in [9.17, 15) is 0 Å². The van der Waals surface area contributed by atoms with E-state index in [1.807, 2.05) is 11.4 Å². The molecule has 4 nitrogen and oxygen atoms in total. The normalized spacial score (nSPS) is 10.5. The molecule has 15 heavy (non-hydrogen) atoms. The van der Waals surface area contributed by atoms with Crippen LogP contribution in [0.1, 0.15) is 5.89 Å². The predicted octanol–water partition coefficient (Wildman–Crippen LogP) is 2.59. The molecule has 80 valence electrons. The molecule has 0 saturated heterocycles. The largest absolute Gasteiger partial charge is 0.496 e. The second-order valence-electron chi connectivity index (χ2n) is 2.79. The van der Waals surface area contributed by atoms with E-state index >= 15 is 0 Å². The Morgan fingerprint density at radius 1 is 1.53 bits per heavy atom. The van der Waals surface area contributed by atoms with Gasteiger partial charge in [0.1, 0.15) is 5.75 Å². The number of halogens is 1. The first kappa shape index (κ1) is 10.4. The van der Waals surface area contributed by atoms with E-state index in [1.54, 1.807) is 7.11 Å². The molecule has 2 heterocycles. The van der Waals surface area contributed by atoms with Crippen molar-refractivity contribution in [3.63, 3.8) is 0 Å². The second-order valence-corrected chi connectivity index (χ2v) is 4.08. The summed E-state index contributed by atoms with van der Waals surface area (Å²) < 4.78 is 10.5. The lowest BCUT2D eigenvalue weighted by atomic mass is 10.4. The van der Waals surface area contributed by atoms with Crippen LogP contribution < -0.4 is 4.74 Å². The fourth-order valence-electron chi connectivity index (χ4n) is 1.07. The molecule has 0 unspecified atom stereocenters. The maximum atomic E-state index is 5.57. The first-order valence-corrected chi connectivity index (χ1v) is 5.76. The second kappa shape index (κ2) is 4.63. The summed E-state index contributed by atoms with van der Waals surface area (Å²) in [6, 6.07) is 1.86. The lowest BCUT2D eigenvalue weighted by molar-refractivity contribution is 0.416. The Labute approximate surface area is 95.8 Å². The van der Waals surface area contributed by atoms with Gasteiger partial charge >= 0.3 is 0 Å². The molecule has 2 aromatic rings. The maximum Gasteiger partial charge on any atom is 0.257 e. The van der Waals surface area contributed by atoms with E-state index in [4.69, 9.17) is 20.8 Å². The van der Waals surface area contributed by atoms with E-state index in [2.05, 4.69) is 10.2 Å². The molecule has 0 aliphatic rings. The molecule has 0 spiro atoms. The highest BCUT2D eigenvalue weighted by atomic mass is 35.5. The van der Waals surface area contributed by atoms with Crippen molar-refractivity contribution in [2.75, 3.05) is 13.0 Å². The zero-order chi connectivity index (χ0) is 10.7. The van der Waals surface area contributed by atoms with Gasteiger partial charge in [0.05, 0.1) is 12.0 Å². The van der Waals surface area contributed by atoms with Crippen LogP contribution in [0.2, 0.25) is 0 Å². The molecule has 0 bridgehead atoms. The zero-order valence-corrected chi connectivity index (χ0v) is 9.64. The Hall–Kier alpha value is -1.07. The molecule has 0 amide bonds. The van der Waals surface area contributed by atoms with Gasteiger partial charge in [0.2, 0.25) is 5.89 Å².